The second kappa shape index (κ2) is 5.18. The molecule has 0 aliphatic carbocycles. The van der Waals surface area contributed by atoms with Crippen molar-refractivity contribution >= 4 is 48.9 Å². The number of fused-ring (bicyclic) bond motifs is 4. The summed E-state index contributed by atoms with van der Waals surface area (Å²) in [6, 6.07) is 24.5. The number of benzene rings is 3. The van der Waals surface area contributed by atoms with Gasteiger partial charge in [0.25, 0.3) is 0 Å². The van der Waals surface area contributed by atoms with Gasteiger partial charge in [-0.05, 0) is 24.3 Å². The first-order valence-corrected chi connectivity index (χ1v) is 8.57. The molecule has 3 aromatic carbocycles. The number of aromatic nitrogens is 1. The standard InChI is InChI=1S/C21H12BrNO/c22-16-10-4-1-7-13(16)19-14-8-2-5-11-17(14)23-20-15-9-3-6-12-18(15)24-21(19)20/h1-12H. The summed E-state index contributed by atoms with van der Waals surface area (Å²) in [6.07, 6.45) is 0. The Morgan fingerprint density at radius 3 is 2.33 bits per heavy atom. The molecule has 0 aliphatic heterocycles. The van der Waals surface area contributed by atoms with Gasteiger partial charge < -0.3 is 4.42 Å². The smallest absolute Gasteiger partial charge is 0.162 e. The largest absolute Gasteiger partial charge is 0.454 e. The molecular weight excluding hydrogens is 362 g/mol. The van der Waals surface area contributed by atoms with Crippen LogP contribution in [0.3, 0.4) is 0 Å². The number of rotatable bonds is 1. The molecule has 0 amide bonds. The van der Waals surface area contributed by atoms with Gasteiger partial charge >= 0.3 is 0 Å². The molecule has 2 aromatic heterocycles. The predicted molar refractivity (Wildman–Crippen MR) is 102 cm³/mol. The lowest BCUT2D eigenvalue weighted by molar-refractivity contribution is 0.670. The van der Waals surface area contributed by atoms with Crippen LogP contribution in [0, 0.1) is 0 Å². The van der Waals surface area contributed by atoms with E-state index in [1.807, 2.05) is 42.5 Å². The number of hydrogen-bond acceptors (Lipinski definition) is 2. The van der Waals surface area contributed by atoms with E-state index in [4.69, 9.17) is 9.40 Å². The number of furan rings is 1. The molecule has 0 radical (unpaired) electrons. The predicted octanol–water partition coefficient (Wildman–Crippen LogP) is 6.56. The number of pyridine rings is 1. The Hall–Kier alpha value is -2.65. The minimum atomic E-state index is 0.835. The summed E-state index contributed by atoms with van der Waals surface area (Å²) in [4.78, 5) is 4.87. The van der Waals surface area contributed by atoms with Crippen LogP contribution < -0.4 is 0 Å². The van der Waals surface area contributed by atoms with E-state index in [0.717, 1.165) is 48.6 Å². The van der Waals surface area contributed by atoms with Gasteiger partial charge in [-0.25, -0.2) is 4.98 Å². The summed E-state index contributed by atoms with van der Waals surface area (Å²) in [5, 5.41) is 2.14. The summed E-state index contributed by atoms with van der Waals surface area (Å²) in [5.74, 6) is 0. The van der Waals surface area contributed by atoms with E-state index in [2.05, 4.69) is 46.3 Å². The maximum atomic E-state index is 6.22. The van der Waals surface area contributed by atoms with Crippen LogP contribution in [-0.4, -0.2) is 4.98 Å². The Balaban J connectivity index is 2.07. The van der Waals surface area contributed by atoms with Gasteiger partial charge in [-0.1, -0.05) is 64.5 Å². The Morgan fingerprint density at radius 1 is 0.750 bits per heavy atom. The molecule has 0 saturated heterocycles. The van der Waals surface area contributed by atoms with Gasteiger partial charge in [-0.2, -0.15) is 0 Å². The quantitative estimate of drug-likeness (QED) is 0.332. The van der Waals surface area contributed by atoms with Crippen molar-refractivity contribution in [3.63, 3.8) is 0 Å². The van der Waals surface area contributed by atoms with Crippen LogP contribution in [0.4, 0.5) is 0 Å². The molecule has 0 saturated carbocycles. The van der Waals surface area contributed by atoms with E-state index in [-0.39, 0.29) is 0 Å². The Morgan fingerprint density at radius 2 is 1.46 bits per heavy atom. The van der Waals surface area contributed by atoms with E-state index in [9.17, 15) is 0 Å². The molecule has 0 spiro atoms. The van der Waals surface area contributed by atoms with Crippen LogP contribution in [-0.2, 0) is 0 Å². The minimum absolute atomic E-state index is 0.835. The lowest BCUT2D eigenvalue weighted by Gasteiger charge is -2.09. The molecule has 2 nitrogen and oxygen atoms in total. The van der Waals surface area contributed by atoms with Gasteiger partial charge in [-0.15, -0.1) is 0 Å². The first-order chi connectivity index (χ1) is 11.8. The lowest BCUT2D eigenvalue weighted by Crippen LogP contribution is -1.87. The van der Waals surface area contributed by atoms with Crippen molar-refractivity contribution in [3.8, 4) is 11.1 Å². The third-order valence-electron chi connectivity index (χ3n) is 4.35. The Kier molecular flexibility index (Phi) is 2.97. The second-order valence-electron chi connectivity index (χ2n) is 5.76. The van der Waals surface area contributed by atoms with E-state index >= 15 is 0 Å². The van der Waals surface area contributed by atoms with Crippen LogP contribution >= 0.6 is 15.9 Å². The molecule has 5 aromatic rings. The summed E-state index contributed by atoms with van der Waals surface area (Å²) in [6.45, 7) is 0. The van der Waals surface area contributed by atoms with Gasteiger partial charge in [0.15, 0.2) is 5.58 Å². The molecular formula is C21H12BrNO. The average molecular weight is 374 g/mol. The highest BCUT2D eigenvalue weighted by Crippen LogP contribution is 2.41. The average Bonchev–Trinajstić information content (AvgIpc) is 2.99. The third kappa shape index (κ3) is 1.91. The van der Waals surface area contributed by atoms with Crippen molar-refractivity contribution in [2.45, 2.75) is 0 Å². The van der Waals surface area contributed by atoms with Gasteiger partial charge in [-0.3, -0.25) is 0 Å². The normalized spacial score (nSPS) is 11.5. The third-order valence-corrected chi connectivity index (χ3v) is 5.04. The number of nitrogens with zero attached hydrogens (tertiary/aromatic N) is 1. The first-order valence-electron chi connectivity index (χ1n) is 7.78. The topological polar surface area (TPSA) is 26.0 Å². The van der Waals surface area contributed by atoms with Gasteiger partial charge in [0.2, 0.25) is 0 Å². The number of para-hydroxylation sites is 2. The second-order valence-corrected chi connectivity index (χ2v) is 6.61. The molecule has 0 aliphatic rings. The fourth-order valence-corrected chi connectivity index (χ4v) is 3.75. The summed E-state index contributed by atoms with van der Waals surface area (Å²) in [5.41, 5.74) is 5.78. The molecule has 3 heteroatoms. The van der Waals surface area contributed by atoms with Crippen molar-refractivity contribution in [2.75, 3.05) is 0 Å². The highest BCUT2D eigenvalue weighted by Gasteiger charge is 2.18. The van der Waals surface area contributed by atoms with E-state index in [1.165, 1.54) is 0 Å². The monoisotopic (exact) mass is 373 g/mol. The Labute approximate surface area is 146 Å². The van der Waals surface area contributed by atoms with Crippen molar-refractivity contribution in [3.05, 3.63) is 77.3 Å². The first kappa shape index (κ1) is 13.8. The summed E-state index contributed by atoms with van der Waals surface area (Å²) < 4.78 is 7.26. The summed E-state index contributed by atoms with van der Waals surface area (Å²) in [7, 11) is 0. The minimum Gasteiger partial charge on any atom is -0.454 e. The van der Waals surface area contributed by atoms with Crippen LogP contribution in [0.15, 0.2) is 81.7 Å². The fourth-order valence-electron chi connectivity index (χ4n) is 3.27. The number of hydrogen-bond donors (Lipinski definition) is 0. The Bertz CT molecular complexity index is 1220. The molecule has 0 bridgehead atoms. The van der Waals surface area contributed by atoms with Crippen LogP contribution in [0.1, 0.15) is 0 Å². The van der Waals surface area contributed by atoms with Crippen molar-refractivity contribution in [1.29, 1.82) is 0 Å². The van der Waals surface area contributed by atoms with Gasteiger partial charge in [0, 0.05) is 26.4 Å². The molecule has 5 rings (SSSR count). The van der Waals surface area contributed by atoms with Gasteiger partial charge in [0.1, 0.15) is 11.1 Å². The zero-order valence-corrected chi connectivity index (χ0v) is 14.2. The fraction of sp³-hybridized carbons (Fsp3) is 0. The molecule has 114 valence electrons. The SMILES string of the molecule is Brc1ccccc1-c1c2ccccc2nc2c1oc1ccccc12. The maximum absolute atomic E-state index is 6.22. The molecule has 0 fully saturated rings. The molecule has 0 N–H and O–H groups in total. The van der Waals surface area contributed by atoms with Crippen molar-refractivity contribution in [1.82, 2.24) is 4.98 Å². The number of halogens is 1. The van der Waals surface area contributed by atoms with Crippen molar-refractivity contribution < 1.29 is 4.42 Å². The lowest BCUT2D eigenvalue weighted by atomic mass is 9.99. The highest BCUT2D eigenvalue weighted by atomic mass is 79.9. The van der Waals surface area contributed by atoms with E-state index in [0.29, 0.717) is 0 Å². The van der Waals surface area contributed by atoms with E-state index < -0.39 is 0 Å². The molecule has 0 unspecified atom stereocenters. The van der Waals surface area contributed by atoms with Crippen LogP contribution in [0.2, 0.25) is 0 Å². The zero-order valence-electron chi connectivity index (χ0n) is 12.7. The summed E-state index contributed by atoms with van der Waals surface area (Å²) >= 11 is 3.69. The molecule has 0 atom stereocenters. The van der Waals surface area contributed by atoms with E-state index in [1.54, 1.807) is 0 Å². The molecule has 24 heavy (non-hydrogen) atoms. The zero-order chi connectivity index (χ0) is 16.1. The van der Waals surface area contributed by atoms with Gasteiger partial charge in [0.05, 0.1) is 5.52 Å². The van der Waals surface area contributed by atoms with Crippen molar-refractivity contribution in [2.24, 2.45) is 0 Å². The van der Waals surface area contributed by atoms with Crippen LogP contribution in [0.25, 0.3) is 44.1 Å². The maximum Gasteiger partial charge on any atom is 0.162 e. The van der Waals surface area contributed by atoms with Crippen LogP contribution in [0.5, 0.6) is 0 Å². The highest BCUT2D eigenvalue weighted by molar-refractivity contribution is 9.10. The molecule has 2 heterocycles.